The third-order valence-electron chi connectivity index (χ3n) is 3.32. The summed E-state index contributed by atoms with van der Waals surface area (Å²) in [7, 11) is -9.39. The van der Waals surface area contributed by atoms with Crippen molar-refractivity contribution in [2.45, 2.75) is 23.6 Å². The molecule has 2 rings (SSSR count). The maximum absolute atomic E-state index is 12.7. The van der Waals surface area contributed by atoms with Crippen LogP contribution in [-0.4, -0.2) is 53.6 Å². The summed E-state index contributed by atoms with van der Waals surface area (Å²) in [4.78, 5) is 11.5. The highest BCUT2D eigenvalue weighted by atomic mass is 32.2. The van der Waals surface area contributed by atoms with E-state index in [1.807, 2.05) is 0 Å². The number of hydrogen-bond acceptors (Lipinski definition) is 5. The molecule has 0 saturated carbocycles. The number of aryl methyl sites for hydroxylation is 2. The van der Waals surface area contributed by atoms with E-state index in [-0.39, 0.29) is 33.0 Å². The van der Waals surface area contributed by atoms with Crippen molar-refractivity contribution in [3.63, 3.8) is 0 Å². The Bertz CT molecular complexity index is 958. The van der Waals surface area contributed by atoms with Crippen molar-refractivity contribution < 1.29 is 52.6 Å². The molecule has 0 aromatic heterocycles. The van der Waals surface area contributed by atoms with Crippen LogP contribution in [0.1, 0.15) is 27.0 Å². The molecule has 0 unspecified atom stereocenters. The molecule has 13 heteroatoms. The summed E-state index contributed by atoms with van der Waals surface area (Å²) in [6.45, 7) is 3.20. The van der Waals surface area contributed by atoms with Crippen LogP contribution >= 0.6 is 0 Å². The van der Waals surface area contributed by atoms with Crippen molar-refractivity contribution in [3.8, 4) is 0 Å². The second-order valence-electron chi connectivity index (χ2n) is 5.28. The minimum Gasteiger partial charge on any atom is -0.412 e. The highest BCUT2D eigenvalue weighted by molar-refractivity contribution is 7.86. The summed E-state index contributed by atoms with van der Waals surface area (Å²) in [6.07, 6.45) is 0. The SMILES string of the molecule is Cc1ccc(S(=O)(=O)O)c(C(=O)c2cc(C)ccc2S(=O)(=O)O)c1.O.O.O.O. The quantitative estimate of drug-likeness (QED) is 0.428. The Morgan fingerprint density at radius 3 is 1.21 bits per heavy atom. The maximum atomic E-state index is 12.7. The Morgan fingerprint density at radius 2 is 0.964 bits per heavy atom. The van der Waals surface area contributed by atoms with E-state index in [1.165, 1.54) is 24.3 Å². The van der Waals surface area contributed by atoms with Gasteiger partial charge in [0.1, 0.15) is 9.79 Å². The second-order valence-corrected chi connectivity index (χ2v) is 8.06. The van der Waals surface area contributed by atoms with Gasteiger partial charge in [0.2, 0.25) is 0 Å². The predicted octanol–water partition coefficient (Wildman–Crippen LogP) is -1.27. The molecule has 0 atom stereocenters. The number of ketones is 1. The van der Waals surface area contributed by atoms with E-state index in [0.717, 1.165) is 12.1 Å². The average molecular weight is 442 g/mol. The number of carbonyl (C=O) groups is 1. The van der Waals surface area contributed by atoms with Gasteiger partial charge < -0.3 is 21.9 Å². The van der Waals surface area contributed by atoms with Crippen LogP contribution in [0.3, 0.4) is 0 Å². The van der Waals surface area contributed by atoms with E-state index in [1.54, 1.807) is 13.8 Å². The van der Waals surface area contributed by atoms with Crippen molar-refractivity contribution >= 4 is 26.0 Å². The fourth-order valence-electron chi connectivity index (χ4n) is 2.24. The Balaban J connectivity index is -0.00000156. The van der Waals surface area contributed by atoms with Crippen molar-refractivity contribution in [1.29, 1.82) is 0 Å². The molecule has 2 aromatic rings. The van der Waals surface area contributed by atoms with Gasteiger partial charge in [-0.25, -0.2) is 0 Å². The summed E-state index contributed by atoms with van der Waals surface area (Å²) in [5, 5.41) is 0. The molecule has 0 saturated heterocycles. The van der Waals surface area contributed by atoms with Crippen LogP contribution in [0.2, 0.25) is 0 Å². The lowest BCUT2D eigenvalue weighted by Gasteiger charge is -2.11. The van der Waals surface area contributed by atoms with Crippen molar-refractivity contribution in [1.82, 2.24) is 0 Å². The van der Waals surface area contributed by atoms with E-state index in [4.69, 9.17) is 0 Å². The first-order valence-electron chi connectivity index (χ1n) is 6.62. The van der Waals surface area contributed by atoms with E-state index >= 15 is 0 Å². The molecule has 0 aliphatic carbocycles. The van der Waals surface area contributed by atoms with Crippen LogP contribution < -0.4 is 0 Å². The summed E-state index contributed by atoms with van der Waals surface area (Å²) in [5.74, 6) is -0.942. The van der Waals surface area contributed by atoms with Gasteiger partial charge in [-0.3, -0.25) is 13.9 Å². The Kier molecular flexibility index (Phi) is 11.3. The molecule has 2 aromatic carbocycles. The van der Waals surface area contributed by atoms with E-state index in [9.17, 15) is 30.7 Å². The summed E-state index contributed by atoms with van der Waals surface area (Å²) < 4.78 is 64.5. The maximum Gasteiger partial charge on any atom is 0.295 e. The Labute approximate surface area is 161 Å². The first kappa shape index (κ1) is 30.5. The van der Waals surface area contributed by atoms with Gasteiger partial charge in [0.25, 0.3) is 20.2 Å². The molecule has 0 fully saturated rings. The van der Waals surface area contributed by atoms with Gasteiger partial charge in [0, 0.05) is 11.1 Å². The summed E-state index contributed by atoms with van der Waals surface area (Å²) in [6, 6.07) is 7.34. The molecule has 0 amide bonds. The smallest absolute Gasteiger partial charge is 0.295 e. The molecule has 10 N–H and O–H groups in total. The molecule has 0 heterocycles. The largest absolute Gasteiger partial charge is 0.412 e. The third-order valence-corrected chi connectivity index (χ3v) is 5.14. The lowest BCUT2D eigenvalue weighted by Crippen LogP contribution is -2.14. The van der Waals surface area contributed by atoms with Gasteiger partial charge >= 0.3 is 0 Å². The van der Waals surface area contributed by atoms with Gasteiger partial charge in [-0.2, -0.15) is 16.8 Å². The molecule has 0 radical (unpaired) electrons. The molecular weight excluding hydrogens is 420 g/mol. The summed E-state index contributed by atoms with van der Waals surface area (Å²) in [5.41, 5.74) is 0.305. The third kappa shape index (κ3) is 6.43. The topological polar surface area (TPSA) is 252 Å². The number of rotatable bonds is 4. The number of carbonyl (C=O) groups excluding carboxylic acids is 1. The van der Waals surface area contributed by atoms with Gasteiger partial charge in [0.15, 0.2) is 5.78 Å². The number of benzene rings is 2. The van der Waals surface area contributed by atoms with Crippen LogP contribution in [0.15, 0.2) is 46.2 Å². The van der Waals surface area contributed by atoms with E-state index in [2.05, 4.69) is 0 Å². The zero-order valence-corrected chi connectivity index (χ0v) is 16.3. The van der Waals surface area contributed by atoms with Crippen LogP contribution in [0.5, 0.6) is 0 Å². The standard InChI is InChI=1S/C15H14O7S2.4H2O/c1-9-3-5-13(23(17,18)19)11(7-9)15(16)12-8-10(2)4-6-14(12)24(20,21)22;;;;/h3-8H,1-2H3,(H,17,18,19)(H,20,21,22);4*1H2. The van der Waals surface area contributed by atoms with E-state index in [0.29, 0.717) is 11.1 Å². The van der Waals surface area contributed by atoms with Crippen LogP contribution in [0.25, 0.3) is 0 Å². The molecule has 0 aliphatic heterocycles. The minimum absolute atomic E-state index is 0. The lowest BCUT2D eigenvalue weighted by molar-refractivity contribution is 0.103. The van der Waals surface area contributed by atoms with Crippen molar-refractivity contribution in [2.24, 2.45) is 0 Å². The molecule has 160 valence electrons. The van der Waals surface area contributed by atoms with Crippen LogP contribution in [0, 0.1) is 13.8 Å². The average Bonchev–Trinajstić information content (AvgIpc) is 2.43. The molecule has 11 nitrogen and oxygen atoms in total. The zero-order valence-electron chi connectivity index (χ0n) is 14.7. The second kappa shape index (κ2) is 10.4. The molecule has 0 bridgehead atoms. The minimum atomic E-state index is -4.69. The van der Waals surface area contributed by atoms with Crippen molar-refractivity contribution in [2.75, 3.05) is 0 Å². The molecule has 0 aliphatic rings. The van der Waals surface area contributed by atoms with Crippen LogP contribution in [0.4, 0.5) is 0 Å². The first-order valence-corrected chi connectivity index (χ1v) is 9.50. The van der Waals surface area contributed by atoms with Gasteiger partial charge in [-0.05, 0) is 38.1 Å². The van der Waals surface area contributed by atoms with Gasteiger partial charge in [-0.1, -0.05) is 23.3 Å². The van der Waals surface area contributed by atoms with E-state index < -0.39 is 35.8 Å². The van der Waals surface area contributed by atoms with Crippen molar-refractivity contribution in [3.05, 3.63) is 58.7 Å². The molecule has 28 heavy (non-hydrogen) atoms. The number of hydrogen-bond donors (Lipinski definition) is 2. The fourth-order valence-corrected chi connectivity index (χ4v) is 3.58. The summed E-state index contributed by atoms with van der Waals surface area (Å²) >= 11 is 0. The van der Waals surface area contributed by atoms with Crippen LogP contribution in [-0.2, 0) is 20.2 Å². The van der Waals surface area contributed by atoms with Gasteiger partial charge in [-0.15, -0.1) is 0 Å². The fraction of sp³-hybridized carbons (Fsp3) is 0.133. The molecular formula is C15H22O11S2. The Morgan fingerprint density at radius 1 is 0.679 bits per heavy atom. The zero-order chi connectivity index (χ0) is 18.3. The molecule has 0 spiro atoms. The highest BCUT2D eigenvalue weighted by Gasteiger charge is 2.26. The first-order chi connectivity index (χ1) is 10.9. The monoisotopic (exact) mass is 442 g/mol. The van der Waals surface area contributed by atoms with Gasteiger partial charge in [0.05, 0.1) is 0 Å². The lowest BCUT2D eigenvalue weighted by atomic mass is 10.00. The predicted molar refractivity (Wildman–Crippen MR) is 99.9 cm³/mol. The normalized spacial score (nSPS) is 10.4. The Hall–Kier alpha value is -2.23. The highest BCUT2D eigenvalue weighted by Crippen LogP contribution is 2.25.